The number of hydrogen-bond donors (Lipinski definition) is 2. The topological polar surface area (TPSA) is 41.1 Å². The highest BCUT2D eigenvalue weighted by atomic mass is 19.4. The van der Waals surface area contributed by atoms with Gasteiger partial charge in [0.2, 0.25) is 5.91 Å². The van der Waals surface area contributed by atoms with E-state index in [2.05, 4.69) is 10.6 Å². The average Bonchev–Trinajstić information content (AvgIpc) is 2.46. The van der Waals surface area contributed by atoms with Crippen molar-refractivity contribution in [3.63, 3.8) is 0 Å². The Morgan fingerprint density at radius 1 is 1.24 bits per heavy atom. The van der Waals surface area contributed by atoms with Crippen LogP contribution in [0.4, 0.5) is 13.2 Å². The molecular formula is C15H17F3N2O. The fourth-order valence-electron chi connectivity index (χ4n) is 2.10. The third kappa shape index (κ3) is 4.90. The molecule has 0 fully saturated rings. The minimum Gasteiger partial charge on any atom is -0.352 e. The van der Waals surface area contributed by atoms with Crippen molar-refractivity contribution in [2.45, 2.75) is 19.0 Å². The van der Waals surface area contributed by atoms with E-state index in [0.29, 0.717) is 12.1 Å². The van der Waals surface area contributed by atoms with Crippen LogP contribution >= 0.6 is 0 Å². The van der Waals surface area contributed by atoms with E-state index in [9.17, 15) is 18.0 Å². The molecule has 0 unspecified atom stereocenters. The molecule has 0 spiro atoms. The normalized spacial score (nSPS) is 15.5. The second-order valence-electron chi connectivity index (χ2n) is 4.96. The van der Waals surface area contributed by atoms with Gasteiger partial charge in [0, 0.05) is 13.1 Å². The van der Waals surface area contributed by atoms with Gasteiger partial charge in [0.05, 0.1) is 12.0 Å². The van der Waals surface area contributed by atoms with Crippen LogP contribution < -0.4 is 10.6 Å². The smallest absolute Gasteiger partial charge is 0.352 e. The highest BCUT2D eigenvalue weighted by Crippen LogP contribution is 2.29. The Balaban J connectivity index is 1.83. The van der Waals surface area contributed by atoms with Gasteiger partial charge in [0.15, 0.2) is 0 Å². The van der Waals surface area contributed by atoms with Gasteiger partial charge in [-0.3, -0.25) is 4.79 Å². The van der Waals surface area contributed by atoms with Crippen molar-refractivity contribution in [1.29, 1.82) is 0 Å². The summed E-state index contributed by atoms with van der Waals surface area (Å²) in [5.74, 6) is -0.186. The van der Waals surface area contributed by atoms with Crippen LogP contribution in [-0.4, -0.2) is 25.5 Å². The van der Waals surface area contributed by atoms with Crippen LogP contribution in [0.5, 0.6) is 0 Å². The Morgan fingerprint density at radius 2 is 1.95 bits per heavy atom. The lowest BCUT2D eigenvalue weighted by atomic mass is 10.1. The first kappa shape index (κ1) is 15.6. The van der Waals surface area contributed by atoms with Gasteiger partial charge in [-0.05, 0) is 30.7 Å². The van der Waals surface area contributed by atoms with Gasteiger partial charge in [0.1, 0.15) is 0 Å². The molecule has 114 valence electrons. The quantitative estimate of drug-likeness (QED) is 0.837. The SMILES string of the molecule is O=C(Cc1ccc(C(F)(F)F)cc1)NCC1=CCNCC1. The first-order valence-electron chi connectivity index (χ1n) is 6.76. The number of nitrogens with one attached hydrogen (secondary N) is 2. The Labute approximate surface area is 121 Å². The number of benzene rings is 1. The standard InChI is InChI=1S/C15H17F3N2O/c16-15(17,18)13-3-1-11(2-4-13)9-14(21)20-10-12-5-7-19-8-6-12/h1-5,19H,6-10H2,(H,20,21). The Bertz CT molecular complexity index is 521. The van der Waals surface area contributed by atoms with Crippen LogP contribution in [0.25, 0.3) is 0 Å². The van der Waals surface area contributed by atoms with Gasteiger partial charge in [-0.1, -0.05) is 23.8 Å². The summed E-state index contributed by atoms with van der Waals surface area (Å²) in [5, 5.41) is 5.97. The van der Waals surface area contributed by atoms with Crippen molar-refractivity contribution < 1.29 is 18.0 Å². The molecule has 0 saturated heterocycles. The number of hydrogen-bond acceptors (Lipinski definition) is 2. The fourth-order valence-corrected chi connectivity index (χ4v) is 2.10. The van der Waals surface area contributed by atoms with Crippen LogP contribution in [0.3, 0.4) is 0 Å². The molecule has 0 saturated carbocycles. The number of rotatable bonds is 4. The maximum Gasteiger partial charge on any atom is 0.416 e. The molecule has 21 heavy (non-hydrogen) atoms. The first-order valence-corrected chi connectivity index (χ1v) is 6.76. The zero-order valence-corrected chi connectivity index (χ0v) is 11.5. The predicted octanol–water partition coefficient (Wildman–Crippen LogP) is 2.28. The highest BCUT2D eigenvalue weighted by molar-refractivity contribution is 5.78. The molecule has 1 amide bonds. The molecule has 1 aliphatic heterocycles. The summed E-state index contributed by atoms with van der Waals surface area (Å²) in [6, 6.07) is 4.67. The summed E-state index contributed by atoms with van der Waals surface area (Å²) in [7, 11) is 0. The molecule has 2 rings (SSSR count). The number of carbonyl (C=O) groups excluding carboxylic acids is 1. The Morgan fingerprint density at radius 3 is 2.52 bits per heavy atom. The van der Waals surface area contributed by atoms with Crippen LogP contribution in [-0.2, 0) is 17.4 Å². The lowest BCUT2D eigenvalue weighted by molar-refractivity contribution is -0.137. The Kier molecular flexibility index (Phi) is 5.01. The highest BCUT2D eigenvalue weighted by Gasteiger charge is 2.29. The van der Waals surface area contributed by atoms with Gasteiger partial charge in [-0.2, -0.15) is 13.2 Å². The van der Waals surface area contributed by atoms with Gasteiger partial charge in [0.25, 0.3) is 0 Å². The molecule has 1 aromatic carbocycles. The van der Waals surface area contributed by atoms with Crippen molar-refractivity contribution in [1.82, 2.24) is 10.6 Å². The summed E-state index contributed by atoms with van der Waals surface area (Å²) in [5.41, 5.74) is 1.04. The van der Waals surface area contributed by atoms with Gasteiger partial charge in [-0.25, -0.2) is 0 Å². The maximum absolute atomic E-state index is 12.4. The van der Waals surface area contributed by atoms with E-state index < -0.39 is 11.7 Å². The Hall–Kier alpha value is -1.82. The van der Waals surface area contributed by atoms with E-state index in [4.69, 9.17) is 0 Å². The van der Waals surface area contributed by atoms with Gasteiger partial charge < -0.3 is 10.6 Å². The van der Waals surface area contributed by atoms with Crippen LogP contribution in [0.2, 0.25) is 0 Å². The van der Waals surface area contributed by atoms with E-state index in [1.165, 1.54) is 17.7 Å². The number of alkyl halides is 3. The van der Waals surface area contributed by atoms with Crippen molar-refractivity contribution >= 4 is 5.91 Å². The fraction of sp³-hybridized carbons (Fsp3) is 0.400. The van der Waals surface area contributed by atoms with E-state index >= 15 is 0 Å². The molecule has 1 aliphatic rings. The van der Waals surface area contributed by atoms with Crippen LogP contribution in [0, 0.1) is 0 Å². The largest absolute Gasteiger partial charge is 0.416 e. The van der Waals surface area contributed by atoms with Gasteiger partial charge >= 0.3 is 6.18 Å². The third-order valence-electron chi connectivity index (χ3n) is 3.32. The molecule has 0 bridgehead atoms. The summed E-state index contributed by atoms with van der Waals surface area (Å²) < 4.78 is 37.3. The summed E-state index contributed by atoms with van der Waals surface area (Å²) in [6.45, 7) is 2.21. The maximum atomic E-state index is 12.4. The molecule has 0 radical (unpaired) electrons. The van der Waals surface area contributed by atoms with E-state index in [-0.39, 0.29) is 12.3 Å². The first-order chi connectivity index (χ1) is 9.95. The lowest BCUT2D eigenvalue weighted by Gasteiger charge is -2.14. The monoisotopic (exact) mass is 298 g/mol. The van der Waals surface area contributed by atoms with Gasteiger partial charge in [-0.15, -0.1) is 0 Å². The summed E-state index contributed by atoms with van der Waals surface area (Å²) in [4.78, 5) is 11.8. The third-order valence-corrected chi connectivity index (χ3v) is 3.32. The minimum absolute atomic E-state index is 0.0870. The summed E-state index contributed by atoms with van der Waals surface area (Å²) >= 11 is 0. The number of halogens is 3. The van der Waals surface area contributed by atoms with Crippen LogP contribution in [0.1, 0.15) is 17.5 Å². The molecule has 0 aliphatic carbocycles. The number of carbonyl (C=O) groups is 1. The molecular weight excluding hydrogens is 281 g/mol. The lowest BCUT2D eigenvalue weighted by Crippen LogP contribution is -2.30. The van der Waals surface area contributed by atoms with Crippen molar-refractivity contribution in [3.8, 4) is 0 Å². The zero-order chi connectivity index (χ0) is 15.3. The molecule has 1 heterocycles. The second kappa shape index (κ2) is 6.76. The van der Waals surface area contributed by atoms with Crippen molar-refractivity contribution in [2.75, 3.05) is 19.6 Å². The van der Waals surface area contributed by atoms with E-state index in [1.807, 2.05) is 6.08 Å². The molecule has 3 nitrogen and oxygen atoms in total. The van der Waals surface area contributed by atoms with E-state index in [1.54, 1.807) is 0 Å². The van der Waals surface area contributed by atoms with E-state index in [0.717, 1.165) is 31.6 Å². The average molecular weight is 298 g/mol. The molecule has 0 atom stereocenters. The molecule has 6 heteroatoms. The number of amides is 1. The minimum atomic E-state index is -4.34. The molecule has 1 aromatic rings. The predicted molar refractivity (Wildman–Crippen MR) is 73.7 cm³/mol. The summed E-state index contributed by atoms with van der Waals surface area (Å²) in [6.07, 6.45) is -1.31. The van der Waals surface area contributed by atoms with Crippen LogP contribution in [0.15, 0.2) is 35.9 Å². The second-order valence-corrected chi connectivity index (χ2v) is 4.96. The van der Waals surface area contributed by atoms with Crippen molar-refractivity contribution in [3.05, 3.63) is 47.0 Å². The molecule has 0 aromatic heterocycles. The van der Waals surface area contributed by atoms with Crippen molar-refractivity contribution in [2.24, 2.45) is 0 Å². The zero-order valence-electron chi connectivity index (χ0n) is 11.5. The molecule has 2 N–H and O–H groups in total.